The van der Waals surface area contributed by atoms with Crippen molar-refractivity contribution in [1.82, 2.24) is 0 Å². The van der Waals surface area contributed by atoms with E-state index in [0.717, 1.165) is 0 Å². The van der Waals surface area contributed by atoms with Gasteiger partial charge < -0.3 is 24.1 Å². The van der Waals surface area contributed by atoms with E-state index in [0.29, 0.717) is 28.4 Å². The Bertz CT molecular complexity index is 482. The van der Waals surface area contributed by atoms with Gasteiger partial charge in [-0.15, -0.1) is 0 Å². The number of rotatable bonds is 3. The van der Waals surface area contributed by atoms with E-state index >= 15 is 0 Å². The summed E-state index contributed by atoms with van der Waals surface area (Å²) < 4.78 is 20.4. The molecule has 1 aromatic rings. The highest BCUT2D eigenvalue weighted by Crippen LogP contribution is 2.43. The van der Waals surface area contributed by atoms with Gasteiger partial charge in [0.1, 0.15) is 0 Å². The topological polar surface area (TPSA) is 74.2 Å². The summed E-state index contributed by atoms with van der Waals surface area (Å²) in [6, 6.07) is 1.52. The molecule has 0 aliphatic carbocycles. The molecule has 1 aliphatic rings. The Labute approximate surface area is 104 Å². The summed E-state index contributed by atoms with van der Waals surface area (Å²) in [5.74, 6) is 0.535. The Hall–Kier alpha value is -1.95. The van der Waals surface area contributed by atoms with Crippen molar-refractivity contribution in [2.75, 3.05) is 21.3 Å². The fourth-order valence-electron chi connectivity index (χ4n) is 2.00. The zero-order valence-electron chi connectivity index (χ0n) is 10.4. The van der Waals surface area contributed by atoms with E-state index in [-0.39, 0.29) is 6.42 Å². The van der Waals surface area contributed by atoms with Gasteiger partial charge in [0.05, 0.1) is 26.9 Å². The van der Waals surface area contributed by atoms with Gasteiger partial charge in [0.25, 0.3) is 0 Å². The normalized spacial score (nSPS) is 17.8. The lowest BCUT2D eigenvalue weighted by atomic mass is 9.99. The van der Waals surface area contributed by atoms with Gasteiger partial charge in [-0.1, -0.05) is 0 Å². The van der Waals surface area contributed by atoms with Gasteiger partial charge in [0.15, 0.2) is 11.5 Å². The SMILES string of the molecule is COc1cc2c(c(OC)c1OC)CC(O)OC2=O. The van der Waals surface area contributed by atoms with E-state index in [9.17, 15) is 9.90 Å². The predicted molar refractivity (Wildman–Crippen MR) is 61.2 cm³/mol. The number of ether oxygens (including phenoxy) is 4. The molecule has 6 heteroatoms. The summed E-state index contributed by atoms with van der Waals surface area (Å²) in [5.41, 5.74) is 0.869. The second-order valence-electron chi connectivity index (χ2n) is 3.74. The molecule has 1 N–H and O–H groups in total. The van der Waals surface area contributed by atoms with Crippen molar-refractivity contribution in [3.8, 4) is 17.2 Å². The maximum atomic E-state index is 11.7. The maximum absolute atomic E-state index is 11.7. The van der Waals surface area contributed by atoms with Crippen molar-refractivity contribution in [3.63, 3.8) is 0 Å². The van der Waals surface area contributed by atoms with Gasteiger partial charge in [-0.3, -0.25) is 0 Å². The fraction of sp³-hybridized carbons (Fsp3) is 0.417. The summed E-state index contributed by atoms with van der Waals surface area (Å²) in [6.45, 7) is 0. The molecule has 1 atom stereocenters. The molecule has 1 aromatic carbocycles. The van der Waals surface area contributed by atoms with Crippen LogP contribution in [0.5, 0.6) is 17.2 Å². The van der Waals surface area contributed by atoms with Crippen LogP contribution in [0.4, 0.5) is 0 Å². The Morgan fingerprint density at radius 2 is 1.89 bits per heavy atom. The molecular weight excluding hydrogens is 240 g/mol. The number of esters is 1. The summed E-state index contributed by atoms with van der Waals surface area (Å²) in [4.78, 5) is 11.7. The minimum atomic E-state index is -1.17. The van der Waals surface area contributed by atoms with Crippen molar-refractivity contribution in [2.45, 2.75) is 12.7 Å². The molecule has 6 nitrogen and oxygen atoms in total. The first-order valence-corrected chi connectivity index (χ1v) is 5.33. The lowest BCUT2D eigenvalue weighted by Crippen LogP contribution is -2.27. The number of aliphatic hydroxyl groups excluding tert-OH is 1. The number of carbonyl (C=O) groups is 1. The molecule has 0 amide bonds. The third-order valence-corrected chi connectivity index (χ3v) is 2.77. The van der Waals surface area contributed by atoms with Crippen molar-refractivity contribution in [2.24, 2.45) is 0 Å². The molecule has 98 valence electrons. The number of carbonyl (C=O) groups excluding carboxylic acids is 1. The van der Waals surface area contributed by atoms with Crippen LogP contribution in [0.25, 0.3) is 0 Å². The van der Waals surface area contributed by atoms with Crippen molar-refractivity contribution < 1.29 is 28.8 Å². The molecule has 1 heterocycles. The van der Waals surface area contributed by atoms with Gasteiger partial charge >= 0.3 is 5.97 Å². The number of cyclic esters (lactones) is 1. The summed E-state index contributed by atoms with van der Waals surface area (Å²) in [6.07, 6.45) is -1.01. The highest BCUT2D eigenvalue weighted by molar-refractivity contribution is 5.94. The first-order valence-electron chi connectivity index (χ1n) is 5.33. The van der Waals surface area contributed by atoms with Crippen LogP contribution < -0.4 is 14.2 Å². The summed E-state index contributed by atoms with van der Waals surface area (Å²) in [7, 11) is 4.40. The van der Waals surface area contributed by atoms with Crippen LogP contribution >= 0.6 is 0 Å². The third-order valence-electron chi connectivity index (χ3n) is 2.77. The quantitative estimate of drug-likeness (QED) is 0.802. The fourth-order valence-corrected chi connectivity index (χ4v) is 2.00. The Morgan fingerprint density at radius 1 is 1.22 bits per heavy atom. The van der Waals surface area contributed by atoms with Crippen molar-refractivity contribution in [1.29, 1.82) is 0 Å². The second kappa shape index (κ2) is 4.73. The smallest absolute Gasteiger partial charge is 0.341 e. The zero-order valence-corrected chi connectivity index (χ0v) is 10.4. The molecule has 1 aliphatic heterocycles. The minimum Gasteiger partial charge on any atom is -0.493 e. The number of fused-ring (bicyclic) bond motifs is 1. The largest absolute Gasteiger partial charge is 0.493 e. The van der Waals surface area contributed by atoms with Gasteiger partial charge in [0.2, 0.25) is 12.0 Å². The Kier molecular flexibility index (Phi) is 3.29. The standard InChI is InChI=1S/C12H14O6/c1-15-8-4-7-6(5-9(13)18-12(7)14)10(16-2)11(8)17-3/h4,9,13H,5H2,1-3H3. The van der Waals surface area contributed by atoms with Crippen molar-refractivity contribution in [3.05, 3.63) is 17.2 Å². The highest BCUT2D eigenvalue weighted by atomic mass is 16.6. The lowest BCUT2D eigenvalue weighted by Gasteiger charge is -2.24. The number of methoxy groups -OCH3 is 3. The lowest BCUT2D eigenvalue weighted by molar-refractivity contribution is -0.0691. The Balaban J connectivity index is 2.68. The van der Waals surface area contributed by atoms with Gasteiger partial charge in [-0.2, -0.15) is 0 Å². The van der Waals surface area contributed by atoms with Crippen LogP contribution in [-0.2, 0) is 11.2 Å². The average Bonchev–Trinajstić information content (AvgIpc) is 2.36. The van der Waals surface area contributed by atoms with Crippen LogP contribution in [0.15, 0.2) is 6.07 Å². The monoisotopic (exact) mass is 254 g/mol. The van der Waals surface area contributed by atoms with Crippen LogP contribution in [-0.4, -0.2) is 38.7 Å². The number of hydrogen-bond acceptors (Lipinski definition) is 6. The Morgan fingerprint density at radius 3 is 2.44 bits per heavy atom. The molecule has 0 radical (unpaired) electrons. The van der Waals surface area contributed by atoms with Crippen LogP contribution in [0, 0.1) is 0 Å². The molecule has 0 aromatic heterocycles. The van der Waals surface area contributed by atoms with E-state index in [1.807, 2.05) is 0 Å². The second-order valence-corrected chi connectivity index (χ2v) is 3.74. The molecule has 0 saturated carbocycles. The molecule has 0 saturated heterocycles. The third kappa shape index (κ3) is 1.84. The van der Waals surface area contributed by atoms with Gasteiger partial charge in [-0.05, 0) is 6.07 Å². The molecule has 0 fully saturated rings. The van der Waals surface area contributed by atoms with E-state index in [1.165, 1.54) is 27.4 Å². The number of aliphatic hydroxyl groups is 1. The highest BCUT2D eigenvalue weighted by Gasteiger charge is 2.31. The summed E-state index contributed by atoms with van der Waals surface area (Å²) >= 11 is 0. The molecule has 0 bridgehead atoms. The van der Waals surface area contributed by atoms with Crippen molar-refractivity contribution >= 4 is 5.97 Å². The molecule has 1 unspecified atom stereocenters. The summed E-state index contributed by atoms with van der Waals surface area (Å²) in [5, 5.41) is 9.47. The average molecular weight is 254 g/mol. The number of hydrogen-bond donors (Lipinski definition) is 1. The van der Waals surface area contributed by atoms with Crippen LogP contribution in [0.3, 0.4) is 0 Å². The molecule has 2 rings (SSSR count). The van der Waals surface area contributed by atoms with E-state index < -0.39 is 12.3 Å². The van der Waals surface area contributed by atoms with Gasteiger partial charge in [0, 0.05) is 12.0 Å². The van der Waals surface area contributed by atoms with E-state index in [4.69, 9.17) is 18.9 Å². The minimum absolute atomic E-state index is 0.157. The van der Waals surface area contributed by atoms with E-state index in [2.05, 4.69) is 0 Å². The first-order chi connectivity index (χ1) is 8.62. The number of benzene rings is 1. The van der Waals surface area contributed by atoms with Crippen LogP contribution in [0.2, 0.25) is 0 Å². The zero-order chi connectivity index (χ0) is 13.3. The van der Waals surface area contributed by atoms with E-state index in [1.54, 1.807) is 0 Å². The molecular formula is C12H14O6. The van der Waals surface area contributed by atoms with Gasteiger partial charge in [-0.25, -0.2) is 4.79 Å². The molecule has 0 spiro atoms. The first kappa shape index (κ1) is 12.5. The maximum Gasteiger partial charge on any atom is 0.341 e. The molecule has 18 heavy (non-hydrogen) atoms. The van der Waals surface area contributed by atoms with Crippen LogP contribution in [0.1, 0.15) is 15.9 Å². The predicted octanol–water partition coefficient (Wildman–Crippen LogP) is 0.744.